The number of hydrogen-bond acceptors (Lipinski definition) is 3. The van der Waals surface area contributed by atoms with Gasteiger partial charge < -0.3 is 19.6 Å². The fourth-order valence-electron chi connectivity index (χ4n) is 2.59. The van der Waals surface area contributed by atoms with Crippen molar-refractivity contribution < 1.29 is 14.6 Å². The number of likely N-dealkylation sites (tertiary alicyclic amines) is 2. The fraction of sp³-hybridized carbons (Fsp3) is 0.917. The molecule has 2 heterocycles. The van der Waals surface area contributed by atoms with E-state index in [9.17, 15) is 4.79 Å². The Morgan fingerprint density at radius 2 is 2.06 bits per heavy atom. The highest BCUT2D eigenvalue weighted by Gasteiger charge is 2.25. The normalized spacial score (nSPS) is 25.6. The maximum Gasteiger partial charge on any atom is 0.407 e. The molecule has 0 aromatic heterocycles. The van der Waals surface area contributed by atoms with E-state index in [1.807, 2.05) is 0 Å². The van der Waals surface area contributed by atoms with Gasteiger partial charge in [0, 0.05) is 25.6 Å². The Hall–Kier alpha value is -0.810. The van der Waals surface area contributed by atoms with E-state index in [-0.39, 0.29) is 0 Å². The van der Waals surface area contributed by atoms with Crippen molar-refractivity contribution in [3.05, 3.63) is 0 Å². The number of hydrogen-bond donors (Lipinski definition) is 1. The Morgan fingerprint density at radius 1 is 1.29 bits per heavy atom. The number of nitrogens with zero attached hydrogens (tertiary/aromatic N) is 2. The molecule has 0 spiro atoms. The van der Waals surface area contributed by atoms with Crippen molar-refractivity contribution in [3.63, 3.8) is 0 Å². The lowest BCUT2D eigenvalue weighted by Crippen LogP contribution is -2.28. The van der Waals surface area contributed by atoms with Crippen LogP contribution in [0.1, 0.15) is 19.3 Å². The van der Waals surface area contributed by atoms with Crippen LogP contribution < -0.4 is 0 Å². The molecule has 1 amide bonds. The van der Waals surface area contributed by atoms with Gasteiger partial charge in [0.1, 0.15) is 0 Å². The lowest BCUT2D eigenvalue weighted by Gasteiger charge is -2.16. The van der Waals surface area contributed by atoms with Crippen LogP contribution in [0.3, 0.4) is 0 Å². The molecule has 5 nitrogen and oxygen atoms in total. The molecule has 1 atom stereocenters. The lowest BCUT2D eigenvalue weighted by atomic mass is 10.1. The van der Waals surface area contributed by atoms with Gasteiger partial charge in [-0.05, 0) is 32.4 Å². The molecule has 2 fully saturated rings. The van der Waals surface area contributed by atoms with Crippen LogP contribution >= 0.6 is 0 Å². The molecule has 2 aliphatic heterocycles. The minimum atomic E-state index is -0.801. The van der Waals surface area contributed by atoms with Crippen LogP contribution in [0.15, 0.2) is 0 Å². The van der Waals surface area contributed by atoms with Crippen molar-refractivity contribution >= 4 is 6.09 Å². The largest absolute Gasteiger partial charge is 0.465 e. The molecule has 0 aliphatic carbocycles. The van der Waals surface area contributed by atoms with Gasteiger partial charge in [0.25, 0.3) is 0 Å². The van der Waals surface area contributed by atoms with Gasteiger partial charge >= 0.3 is 6.09 Å². The second kappa shape index (κ2) is 6.21. The van der Waals surface area contributed by atoms with Crippen molar-refractivity contribution in [1.29, 1.82) is 0 Å². The molecule has 0 bridgehead atoms. The van der Waals surface area contributed by atoms with Crippen molar-refractivity contribution in [3.8, 4) is 0 Å². The minimum Gasteiger partial charge on any atom is -0.465 e. The monoisotopic (exact) mass is 242 g/mol. The molecule has 17 heavy (non-hydrogen) atoms. The van der Waals surface area contributed by atoms with E-state index in [1.54, 1.807) is 0 Å². The van der Waals surface area contributed by atoms with E-state index >= 15 is 0 Å². The summed E-state index contributed by atoms with van der Waals surface area (Å²) in [5, 5.41) is 8.82. The molecular weight excluding hydrogens is 220 g/mol. The lowest BCUT2D eigenvalue weighted by molar-refractivity contribution is 0.0836. The van der Waals surface area contributed by atoms with Gasteiger partial charge in [-0.3, -0.25) is 0 Å². The van der Waals surface area contributed by atoms with Crippen LogP contribution in [0.4, 0.5) is 4.79 Å². The first-order valence-corrected chi connectivity index (χ1v) is 6.53. The average molecular weight is 242 g/mol. The summed E-state index contributed by atoms with van der Waals surface area (Å²) >= 11 is 0. The highest BCUT2D eigenvalue weighted by Crippen LogP contribution is 2.16. The third-order valence-electron chi connectivity index (χ3n) is 3.66. The molecular formula is C12H22N2O3. The van der Waals surface area contributed by atoms with Gasteiger partial charge in [-0.1, -0.05) is 0 Å². The van der Waals surface area contributed by atoms with E-state index < -0.39 is 6.09 Å². The van der Waals surface area contributed by atoms with Crippen molar-refractivity contribution in [2.75, 3.05) is 45.9 Å². The molecule has 2 aliphatic rings. The summed E-state index contributed by atoms with van der Waals surface area (Å²) < 4.78 is 5.65. The third-order valence-corrected chi connectivity index (χ3v) is 3.66. The summed E-state index contributed by atoms with van der Waals surface area (Å²) in [4.78, 5) is 14.6. The molecule has 0 saturated carbocycles. The first-order valence-electron chi connectivity index (χ1n) is 6.53. The Kier molecular flexibility index (Phi) is 4.62. The number of ether oxygens (including phenoxy) is 1. The van der Waals surface area contributed by atoms with E-state index in [0.717, 1.165) is 19.6 Å². The summed E-state index contributed by atoms with van der Waals surface area (Å²) in [7, 11) is 0. The van der Waals surface area contributed by atoms with Crippen molar-refractivity contribution in [1.82, 2.24) is 9.80 Å². The first kappa shape index (κ1) is 12.6. The molecule has 5 heteroatoms. The van der Waals surface area contributed by atoms with Crippen LogP contribution in [0.5, 0.6) is 0 Å². The Labute approximate surface area is 102 Å². The Morgan fingerprint density at radius 3 is 2.71 bits per heavy atom. The molecule has 0 radical (unpaired) electrons. The number of amides is 1. The zero-order valence-electron chi connectivity index (χ0n) is 10.3. The first-order chi connectivity index (χ1) is 8.25. The van der Waals surface area contributed by atoms with Crippen molar-refractivity contribution in [2.24, 2.45) is 5.92 Å². The van der Waals surface area contributed by atoms with Gasteiger partial charge in [0.15, 0.2) is 0 Å². The summed E-state index contributed by atoms with van der Waals surface area (Å²) in [5.41, 5.74) is 0. The van der Waals surface area contributed by atoms with E-state index in [0.29, 0.717) is 25.6 Å². The second-order valence-corrected chi connectivity index (χ2v) is 5.01. The summed E-state index contributed by atoms with van der Waals surface area (Å²) in [6.45, 7) is 6.23. The zero-order chi connectivity index (χ0) is 12.1. The second-order valence-electron chi connectivity index (χ2n) is 5.01. The average Bonchev–Trinajstić information content (AvgIpc) is 2.96. The van der Waals surface area contributed by atoms with Crippen LogP contribution in [0, 0.1) is 5.92 Å². The highest BCUT2D eigenvalue weighted by molar-refractivity contribution is 5.65. The fourth-order valence-corrected chi connectivity index (χ4v) is 2.59. The van der Waals surface area contributed by atoms with Crippen LogP contribution in [-0.2, 0) is 4.74 Å². The SMILES string of the molecule is O=C(O)N1CCC(COCCN2CCCC2)C1. The van der Waals surface area contributed by atoms with Crippen LogP contribution in [-0.4, -0.2) is 66.9 Å². The Balaban J connectivity index is 1.52. The summed E-state index contributed by atoms with van der Waals surface area (Å²) in [6, 6.07) is 0. The predicted molar refractivity (Wildman–Crippen MR) is 64.2 cm³/mol. The van der Waals surface area contributed by atoms with Crippen LogP contribution in [0.2, 0.25) is 0 Å². The molecule has 98 valence electrons. The minimum absolute atomic E-state index is 0.393. The standard InChI is InChI=1S/C12H22N2O3/c15-12(16)14-6-3-11(9-14)10-17-8-7-13-4-1-2-5-13/h11H,1-10H2,(H,15,16). The van der Waals surface area contributed by atoms with E-state index in [2.05, 4.69) is 4.90 Å². The maximum atomic E-state index is 10.7. The van der Waals surface area contributed by atoms with Crippen LogP contribution in [0.25, 0.3) is 0 Å². The number of rotatable bonds is 5. The molecule has 2 rings (SSSR count). The van der Waals surface area contributed by atoms with Gasteiger partial charge in [-0.25, -0.2) is 4.79 Å². The summed E-state index contributed by atoms with van der Waals surface area (Å²) in [6.07, 6.45) is 2.77. The maximum absolute atomic E-state index is 10.7. The molecule has 1 unspecified atom stereocenters. The van der Waals surface area contributed by atoms with Crippen molar-refractivity contribution in [2.45, 2.75) is 19.3 Å². The zero-order valence-corrected chi connectivity index (χ0v) is 10.3. The van der Waals surface area contributed by atoms with Gasteiger partial charge in [-0.15, -0.1) is 0 Å². The van der Waals surface area contributed by atoms with Gasteiger partial charge in [0.2, 0.25) is 0 Å². The predicted octanol–water partition coefficient (Wildman–Crippen LogP) is 1.10. The van der Waals surface area contributed by atoms with Gasteiger partial charge in [-0.2, -0.15) is 0 Å². The molecule has 2 saturated heterocycles. The smallest absolute Gasteiger partial charge is 0.407 e. The number of carbonyl (C=O) groups is 1. The van der Waals surface area contributed by atoms with E-state index in [4.69, 9.17) is 9.84 Å². The van der Waals surface area contributed by atoms with Gasteiger partial charge in [0.05, 0.1) is 13.2 Å². The molecule has 1 N–H and O–H groups in total. The third kappa shape index (κ3) is 3.85. The Bertz CT molecular complexity index is 254. The van der Waals surface area contributed by atoms with E-state index in [1.165, 1.54) is 30.8 Å². The summed E-state index contributed by atoms with van der Waals surface area (Å²) in [5.74, 6) is 0.393. The topological polar surface area (TPSA) is 53.0 Å². The molecule has 0 aromatic carbocycles. The molecule has 0 aromatic rings. The quantitative estimate of drug-likeness (QED) is 0.733. The highest BCUT2D eigenvalue weighted by atomic mass is 16.5. The number of carboxylic acid groups (broad SMARTS) is 1.